The average Bonchev–Trinajstić information content (AvgIpc) is 2.27. The fourth-order valence-corrected chi connectivity index (χ4v) is 2.99. The van der Waals surface area contributed by atoms with Crippen molar-refractivity contribution >= 4 is 0 Å². The first-order chi connectivity index (χ1) is 8.44. The number of nitrogens with one attached hydrogen (secondary N) is 1. The molecule has 106 valence electrons. The average molecular weight is 256 g/mol. The fraction of sp³-hybridized carbons (Fsp3) is 1.00. The second kappa shape index (κ2) is 5.45. The smallest absolute Gasteiger partial charge is 0.0685 e. The van der Waals surface area contributed by atoms with Crippen molar-refractivity contribution in [2.45, 2.75) is 70.1 Å². The number of hydrogen-bond acceptors (Lipinski definition) is 4. The Hall–Kier alpha value is -0.160. The van der Waals surface area contributed by atoms with E-state index in [2.05, 4.69) is 26.2 Å². The molecule has 0 amide bonds. The van der Waals surface area contributed by atoms with Crippen LogP contribution in [0.1, 0.15) is 52.9 Å². The summed E-state index contributed by atoms with van der Waals surface area (Å²) in [7, 11) is 0. The van der Waals surface area contributed by atoms with Crippen molar-refractivity contribution in [1.29, 1.82) is 0 Å². The molecule has 1 heterocycles. The van der Waals surface area contributed by atoms with E-state index in [9.17, 15) is 0 Å². The summed E-state index contributed by atoms with van der Waals surface area (Å²) < 4.78 is 11.8. The molecule has 2 unspecified atom stereocenters. The molecule has 0 aromatic carbocycles. The summed E-state index contributed by atoms with van der Waals surface area (Å²) in [6.07, 6.45) is 5.98. The highest BCUT2D eigenvalue weighted by Crippen LogP contribution is 2.44. The van der Waals surface area contributed by atoms with Gasteiger partial charge in [-0.1, -0.05) is 0 Å². The van der Waals surface area contributed by atoms with Gasteiger partial charge in [0, 0.05) is 12.6 Å². The minimum atomic E-state index is -0.103. The molecule has 0 aromatic heterocycles. The van der Waals surface area contributed by atoms with Gasteiger partial charge in [-0.3, -0.25) is 11.3 Å². The molecule has 1 aliphatic heterocycles. The Morgan fingerprint density at radius 2 is 2.17 bits per heavy atom. The molecule has 4 heteroatoms. The van der Waals surface area contributed by atoms with Crippen molar-refractivity contribution in [3.8, 4) is 0 Å². The predicted octanol–water partition coefficient (Wildman–Crippen LogP) is 1.98. The van der Waals surface area contributed by atoms with Gasteiger partial charge in [-0.25, -0.2) is 0 Å². The largest absolute Gasteiger partial charge is 0.375 e. The first-order valence-corrected chi connectivity index (χ1v) is 7.18. The Bertz CT molecular complexity index is 271. The lowest BCUT2D eigenvalue weighted by Crippen LogP contribution is -2.53. The van der Waals surface area contributed by atoms with E-state index in [0.29, 0.717) is 12.5 Å². The Kier molecular flexibility index (Phi) is 4.32. The topological polar surface area (TPSA) is 56.5 Å². The van der Waals surface area contributed by atoms with Gasteiger partial charge in [-0.2, -0.15) is 0 Å². The van der Waals surface area contributed by atoms with E-state index in [0.717, 1.165) is 19.4 Å². The number of rotatable bonds is 4. The van der Waals surface area contributed by atoms with Crippen LogP contribution in [0, 0.1) is 5.92 Å². The minimum absolute atomic E-state index is 0.103. The molecule has 0 radical (unpaired) electrons. The molecule has 2 fully saturated rings. The second-order valence-corrected chi connectivity index (χ2v) is 6.83. The predicted molar refractivity (Wildman–Crippen MR) is 72.1 cm³/mol. The molecule has 4 nitrogen and oxygen atoms in total. The lowest BCUT2D eigenvalue weighted by molar-refractivity contribution is -0.151. The third kappa shape index (κ3) is 3.44. The maximum absolute atomic E-state index is 5.96. The third-order valence-corrected chi connectivity index (χ3v) is 4.27. The zero-order valence-corrected chi connectivity index (χ0v) is 12.0. The molecule has 0 bridgehead atoms. The highest BCUT2D eigenvalue weighted by Gasteiger charge is 2.44. The monoisotopic (exact) mass is 256 g/mol. The van der Waals surface area contributed by atoms with Crippen molar-refractivity contribution in [3.05, 3.63) is 0 Å². The molecule has 2 aliphatic rings. The quantitative estimate of drug-likeness (QED) is 0.596. The molecule has 1 aliphatic carbocycles. The van der Waals surface area contributed by atoms with Crippen molar-refractivity contribution in [1.82, 2.24) is 5.43 Å². The summed E-state index contributed by atoms with van der Waals surface area (Å²) in [4.78, 5) is 0. The van der Waals surface area contributed by atoms with Crippen LogP contribution in [0.3, 0.4) is 0 Å². The van der Waals surface area contributed by atoms with Crippen molar-refractivity contribution in [3.63, 3.8) is 0 Å². The normalized spacial score (nSPS) is 29.0. The van der Waals surface area contributed by atoms with E-state index in [-0.39, 0.29) is 17.2 Å². The third-order valence-electron chi connectivity index (χ3n) is 4.27. The van der Waals surface area contributed by atoms with Crippen molar-refractivity contribution < 1.29 is 9.47 Å². The first-order valence-electron chi connectivity index (χ1n) is 7.18. The summed E-state index contributed by atoms with van der Waals surface area (Å²) in [6, 6.07) is 0.241. The fourth-order valence-electron chi connectivity index (χ4n) is 2.99. The van der Waals surface area contributed by atoms with Crippen LogP contribution in [0.5, 0.6) is 0 Å². The number of hydrazine groups is 1. The summed E-state index contributed by atoms with van der Waals surface area (Å²) in [5.41, 5.74) is 3.03. The van der Waals surface area contributed by atoms with Gasteiger partial charge in [-0.05, 0) is 58.8 Å². The molecule has 1 saturated carbocycles. The maximum Gasteiger partial charge on any atom is 0.0685 e. The van der Waals surface area contributed by atoms with Crippen LogP contribution in [-0.4, -0.2) is 30.5 Å². The Morgan fingerprint density at radius 1 is 1.44 bits per heavy atom. The number of hydrogen-bond donors (Lipinski definition) is 2. The van der Waals surface area contributed by atoms with Gasteiger partial charge in [0.2, 0.25) is 0 Å². The van der Waals surface area contributed by atoms with E-state index in [1.165, 1.54) is 19.3 Å². The lowest BCUT2D eigenvalue weighted by Gasteiger charge is -2.48. The van der Waals surface area contributed by atoms with Gasteiger partial charge in [0.1, 0.15) is 0 Å². The van der Waals surface area contributed by atoms with E-state index in [4.69, 9.17) is 15.3 Å². The van der Waals surface area contributed by atoms with E-state index < -0.39 is 0 Å². The zero-order chi connectivity index (χ0) is 13.2. The van der Waals surface area contributed by atoms with E-state index in [1.807, 2.05) is 0 Å². The van der Waals surface area contributed by atoms with Crippen LogP contribution < -0.4 is 11.3 Å². The van der Waals surface area contributed by atoms with Crippen LogP contribution in [-0.2, 0) is 9.47 Å². The van der Waals surface area contributed by atoms with Crippen LogP contribution in [0.4, 0.5) is 0 Å². The molecule has 1 saturated heterocycles. The van der Waals surface area contributed by atoms with Gasteiger partial charge in [0.05, 0.1) is 17.8 Å². The molecule has 2 atom stereocenters. The standard InChI is InChI=1S/C14H28N2O2/c1-13(2,3)18-10-12(16-15)11-5-8-17-14(9-11)6-4-7-14/h11-12,16H,4-10,15H2,1-3H3. The molecular weight excluding hydrogens is 228 g/mol. The van der Waals surface area contributed by atoms with Gasteiger partial charge in [0.25, 0.3) is 0 Å². The highest BCUT2D eigenvalue weighted by molar-refractivity contribution is 4.96. The Labute approximate surface area is 111 Å². The van der Waals surface area contributed by atoms with Crippen LogP contribution in [0.25, 0.3) is 0 Å². The van der Waals surface area contributed by atoms with Crippen molar-refractivity contribution in [2.75, 3.05) is 13.2 Å². The molecule has 2 rings (SSSR count). The molecule has 3 N–H and O–H groups in total. The van der Waals surface area contributed by atoms with Gasteiger partial charge >= 0.3 is 0 Å². The summed E-state index contributed by atoms with van der Waals surface area (Å²) in [5, 5.41) is 0. The Morgan fingerprint density at radius 3 is 2.67 bits per heavy atom. The zero-order valence-electron chi connectivity index (χ0n) is 12.0. The SMILES string of the molecule is CC(C)(C)OCC(NN)C1CCOC2(CCC2)C1. The number of nitrogens with two attached hydrogens (primary N) is 1. The highest BCUT2D eigenvalue weighted by atomic mass is 16.5. The van der Waals surface area contributed by atoms with Crippen LogP contribution in [0.2, 0.25) is 0 Å². The molecule has 1 spiro atoms. The van der Waals surface area contributed by atoms with Crippen LogP contribution in [0.15, 0.2) is 0 Å². The van der Waals surface area contributed by atoms with Crippen LogP contribution >= 0.6 is 0 Å². The number of ether oxygens (including phenoxy) is 2. The minimum Gasteiger partial charge on any atom is -0.375 e. The molecule has 0 aromatic rings. The van der Waals surface area contributed by atoms with Gasteiger partial charge in [0.15, 0.2) is 0 Å². The lowest BCUT2D eigenvalue weighted by atomic mass is 9.70. The van der Waals surface area contributed by atoms with Gasteiger partial charge in [-0.15, -0.1) is 0 Å². The summed E-state index contributed by atoms with van der Waals surface area (Å²) >= 11 is 0. The first kappa shape index (κ1) is 14.3. The maximum atomic E-state index is 5.96. The Balaban J connectivity index is 1.87. The summed E-state index contributed by atoms with van der Waals surface area (Å²) in [6.45, 7) is 7.80. The molecular formula is C14H28N2O2. The van der Waals surface area contributed by atoms with Crippen molar-refractivity contribution in [2.24, 2.45) is 11.8 Å². The second-order valence-electron chi connectivity index (χ2n) is 6.83. The summed E-state index contributed by atoms with van der Waals surface area (Å²) in [5.74, 6) is 6.29. The van der Waals surface area contributed by atoms with E-state index in [1.54, 1.807) is 0 Å². The van der Waals surface area contributed by atoms with Gasteiger partial charge < -0.3 is 9.47 Å². The van der Waals surface area contributed by atoms with E-state index >= 15 is 0 Å². The molecule has 18 heavy (non-hydrogen) atoms.